The third-order valence-corrected chi connectivity index (χ3v) is 2.99. The molecule has 1 rings (SSSR count). The highest BCUT2D eigenvalue weighted by Gasteiger charge is 2.36. The van der Waals surface area contributed by atoms with Crippen LogP contribution in [0, 0.1) is 10.1 Å². The first kappa shape index (κ1) is 14.1. The topological polar surface area (TPSA) is 89.7 Å². The van der Waals surface area contributed by atoms with Gasteiger partial charge in [-0.05, 0) is 12.0 Å². The Morgan fingerprint density at radius 3 is 2.33 bits per heavy atom. The SMILES string of the molecule is CC[C@@](Cc1ccc([N+](=O)[O-])cc1)(OC)C(=O)O. The Balaban J connectivity index is 2.95. The third-order valence-electron chi connectivity index (χ3n) is 2.99. The summed E-state index contributed by atoms with van der Waals surface area (Å²) in [6.07, 6.45) is 0.489. The fourth-order valence-electron chi connectivity index (χ4n) is 1.72. The number of nitro benzene ring substituents is 1. The lowest BCUT2D eigenvalue weighted by Gasteiger charge is -2.26. The minimum atomic E-state index is -1.28. The number of nitrogens with zero attached hydrogens (tertiary/aromatic N) is 1. The van der Waals surface area contributed by atoms with E-state index in [-0.39, 0.29) is 12.1 Å². The van der Waals surface area contributed by atoms with Crippen LogP contribution in [0.5, 0.6) is 0 Å². The van der Waals surface area contributed by atoms with E-state index in [1.54, 1.807) is 19.1 Å². The number of carboxylic acid groups (broad SMARTS) is 1. The van der Waals surface area contributed by atoms with E-state index in [9.17, 15) is 20.0 Å². The van der Waals surface area contributed by atoms with Crippen LogP contribution in [-0.2, 0) is 16.0 Å². The molecule has 1 aromatic carbocycles. The molecule has 0 unspecified atom stereocenters. The number of hydrogen-bond acceptors (Lipinski definition) is 4. The Labute approximate surface area is 104 Å². The van der Waals surface area contributed by atoms with Gasteiger partial charge in [0, 0.05) is 25.7 Å². The first-order valence-corrected chi connectivity index (χ1v) is 5.47. The highest BCUT2D eigenvalue weighted by molar-refractivity contribution is 5.77. The summed E-state index contributed by atoms with van der Waals surface area (Å²) in [6.45, 7) is 1.73. The number of benzene rings is 1. The first-order valence-electron chi connectivity index (χ1n) is 5.47. The standard InChI is InChI=1S/C12H15NO5/c1-3-12(18-2,11(14)15)8-9-4-6-10(7-5-9)13(16)17/h4-7H,3,8H2,1-2H3,(H,14,15)/t12-/m0/s1. The molecule has 0 aliphatic carbocycles. The molecule has 0 heterocycles. The van der Waals surface area contributed by atoms with E-state index in [4.69, 9.17) is 4.74 Å². The van der Waals surface area contributed by atoms with Gasteiger partial charge in [-0.25, -0.2) is 4.79 Å². The lowest BCUT2D eigenvalue weighted by Crippen LogP contribution is -2.42. The molecule has 0 spiro atoms. The lowest BCUT2D eigenvalue weighted by atomic mass is 9.91. The molecule has 1 atom stereocenters. The molecule has 0 amide bonds. The van der Waals surface area contributed by atoms with Crippen LogP contribution in [0.15, 0.2) is 24.3 Å². The molecule has 0 bridgehead atoms. The van der Waals surface area contributed by atoms with Crippen LogP contribution in [0.4, 0.5) is 5.69 Å². The van der Waals surface area contributed by atoms with E-state index in [0.717, 1.165) is 0 Å². The molecular formula is C12H15NO5. The van der Waals surface area contributed by atoms with Gasteiger partial charge in [0.25, 0.3) is 5.69 Å². The molecule has 98 valence electrons. The van der Waals surface area contributed by atoms with Crippen molar-refractivity contribution in [3.05, 3.63) is 39.9 Å². The van der Waals surface area contributed by atoms with Crippen molar-refractivity contribution < 1.29 is 19.6 Å². The van der Waals surface area contributed by atoms with Crippen LogP contribution in [0.3, 0.4) is 0 Å². The maximum Gasteiger partial charge on any atom is 0.336 e. The number of hydrogen-bond donors (Lipinski definition) is 1. The zero-order chi connectivity index (χ0) is 13.8. The lowest BCUT2D eigenvalue weighted by molar-refractivity contribution is -0.384. The zero-order valence-electron chi connectivity index (χ0n) is 10.3. The summed E-state index contributed by atoms with van der Waals surface area (Å²) in [6, 6.07) is 5.80. The van der Waals surface area contributed by atoms with E-state index >= 15 is 0 Å². The van der Waals surface area contributed by atoms with Crippen molar-refractivity contribution in [1.82, 2.24) is 0 Å². The molecule has 6 nitrogen and oxygen atoms in total. The molecule has 1 N–H and O–H groups in total. The summed E-state index contributed by atoms with van der Waals surface area (Å²) < 4.78 is 5.10. The Kier molecular flexibility index (Phi) is 4.38. The van der Waals surface area contributed by atoms with Gasteiger partial charge in [-0.1, -0.05) is 19.1 Å². The van der Waals surface area contributed by atoms with Crippen molar-refractivity contribution in [2.75, 3.05) is 7.11 Å². The quantitative estimate of drug-likeness (QED) is 0.618. The van der Waals surface area contributed by atoms with Crippen LogP contribution < -0.4 is 0 Å². The normalized spacial score (nSPS) is 13.9. The van der Waals surface area contributed by atoms with Crippen LogP contribution in [0.1, 0.15) is 18.9 Å². The molecule has 0 saturated heterocycles. The summed E-state index contributed by atoms with van der Waals surface area (Å²) in [5.41, 5.74) is -0.615. The Hall–Kier alpha value is -1.95. The number of rotatable bonds is 6. The molecular weight excluding hydrogens is 238 g/mol. The largest absolute Gasteiger partial charge is 0.479 e. The van der Waals surface area contributed by atoms with Crippen LogP contribution in [0.2, 0.25) is 0 Å². The summed E-state index contributed by atoms with van der Waals surface area (Å²) in [5.74, 6) is -1.04. The number of aliphatic carboxylic acids is 1. The molecule has 0 fully saturated rings. The van der Waals surface area contributed by atoms with Crippen molar-refractivity contribution in [1.29, 1.82) is 0 Å². The van der Waals surface area contributed by atoms with Crippen molar-refractivity contribution >= 4 is 11.7 Å². The fourth-order valence-corrected chi connectivity index (χ4v) is 1.72. The minimum absolute atomic E-state index is 0.0198. The Morgan fingerprint density at radius 1 is 1.44 bits per heavy atom. The molecule has 0 saturated carbocycles. The van der Waals surface area contributed by atoms with Crippen LogP contribution in [-0.4, -0.2) is 28.7 Å². The van der Waals surface area contributed by atoms with Gasteiger partial charge in [-0.15, -0.1) is 0 Å². The maximum atomic E-state index is 11.2. The fraction of sp³-hybridized carbons (Fsp3) is 0.417. The second kappa shape index (κ2) is 5.59. The van der Waals surface area contributed by atoms with Gasteiger partial charge >= 0.3 is 5.97 Å². The molecule has 1 aromatic rings. The highest BCUT2D eigenvalue weighted by Crippen LogP contribution is 2.23. The van der Waals surface area contributed by atoms with Crippen molar-refractivity contribution in [2.45, 2.75) is 25.4 Å². The van der Waals surface area contributed by atoms with E-state index in [2.05, 4.69) is 0 Å². The van der Waals surface area contributed by atoms with Gasteiger partial charge in [0.1, 0.15) is 0 Å². The van der Waals surface area contributed by atoms with E-state index in [1.807, 2.05) is 0 Å². The van der Waals surface area contributed by atoms with Gasteiger partial charge < -0.3 is 9.84 Å². The Morgan fingerprint density at radius 2 is 2.00 bits per heavy atom. The van der Waals surface area contributed by atoms with Crippen molar-refractivity contribution in [3.8, 4) is 0 Å². The second-order valence-electron chi connectivity index (χ2n) is 3.96. The smallest absolute Gasteiger partial charge is 0.336 e. The van der Waals surface area contributed by atoms with Gasteiger partial charge in [0.2, 0.25) is 0 Å². The van der Waals surface area contributed by atoms with E-state index in [1.165, 1.54) is 19.2 Å². The number of carboxylic acids is 1. The summed E-state index contributed by atoms with van der Waals surface area (Å²) in [7, 11) is 1.35. The Bertz CT molecular complexity index is 436. The second-order valence-corrected chi connectivity index (χ2v) is 3.96. The number of nitro groups is 1. The predicted molar refractivity (Wildman–Crippen MR) is 64.5 cm³/mol. The van der Waals surface area contributed by atoms with Crippen molar-refractivity contribution in [3.63, 3.8) is 0 Å². The molecule has 18 heavy (non-hydrogen) atoms. The molecule has 6 heteroatoms. The van der Waals surface area contributed by atoms with Gasteiger partial charge in [-0.3, -0.25) is 10.1 Å². The third kappa shape index (κ3) is 2.84. The van der Waals surface area contributed by atoms with Crippen LogP contribution >= 0.6 is 0 Å². The summed E-state index contributed by atoms with van der Waals surface area (Å²) in [5, 5.41) is 19.7. The number of non-ortho nitro benzene ring substituents is 1. The summed E-state index contributed by atoms with van der Waals surface area (Å²) >= 11 is 0. The number of methoxy groups -OCH3 is 1. The number of ether oxygens (including phenoxy) is 1. The predicted octanol–water partition coefficient (Wildman–Crippen LogP) is 2.02. The first-order chi connectivity index (χ1) is 8.45. The average Bonchev–Trinajstić information content (AvgIpc) is 2.36. The highest BCUT2D eigenvalue weighted by atomic mass is 16.6. The van der Waals surface area contributed by atoms with E-state index in [0.29, 0.717) is 12.0 Å². The zero-order valence-corrected chi connectivity index (χ0v) is 10.3. The monoisotopic (exact) mass is 253 g/mol. The van der Waals surface area contributed by atoms with Gasteiger partial charge in [-0.2, -0.15) is 0 Å². The average molecular weight is 253 g/mol. The van der Waals surface area contributed by atoms with Gasteiger partial charge in [0.05, 0.1) is 4.92 Å². The minimum Gasteiger partial charge on any atom is -0.479 e. The van der Waals surface area contributed by atoms with Crippen molar-refractivity contribution in [2.24, 2.45) is 0 Å². The molecule has 0 aliphatic heterocycles. The number of carbonyl (C=O) groups is 1. The molecule has 0 aliphatic rings. The molecule has 0 radical (unpaired) electrons. The maximum absolute atomic E-state index is 11.2. The van der Waals surface area contributed by atoms with Crippen LogP contribution in [0.25, 0.3) is 0 Å². The van der Waals surface area contributed by atoms with Gasteiger partial charge in [0.15, 0.2) is 5.60 Å². The van der Waals surface area contributed by atoms with E-state index < -0.39 is 16.5 Å². The summed E-state index contributed by atoms with van der Waals surface area (Å²) in [4.78, 5) is 21.2. The molecule has 0 aromatic heterocycles.